The number of carboxylic acid groups (broad SMARTS) is 1. The van der Waals surface area contributed by atoms with Crippen molar-refractivity contribution >= 4 is 40.3 Å². The Morgan fingerprint density at radius 2 is 1.73 bits per heavy atom. The van der Waals surface area contributed by atoms with E-state index in [1.165, 1.54) is 23.5 Å². The standard InChI is InChI=1S/C21H14ClF3N2O2S/c22-14-3-1-2-4-15(14)27-16(11-19(26)21(23,24)25)18-10-9-17(30-18)12-5-7-13(8-6-12)20(28)29/h1-11H,26H2,(H,28,29). The lowest BCUT2D eigenvalue weighted by molar-refractivity contribution is -0.0925. The molecule has 154 valence electrons. The van der Waals surface area contributed by atoms with Gasteiger partial charge in [-0.15, -0.1) is 11.3 Å². The second kappa shape index (κ2) is 8.73. The monoisotopic (exact) mass is 450 g/mol. The van der Waals surface area contributed by atoms with Crippen LogP contribution in [0.3, 0.4) is 0 Å². The number of halogens is 4. The van der Waals surface area contributed by atoms with E-state index in [2.05, 4.69) is 4.99 Å². The Hall–Kier alpha value is -3.10. The molecule has 0 aliphatic carbocycles. The Morgan fingerprint density at radius 1 is 1.07 bits per heavy atom. The van der Waals surface area contributed by atoms with Crippen LogP contribution in [0, 0.1) is 0 Å². The second-order valence-electron chi connectivity index (χ2n) is 6.09. The first-order chi connectivity index (χ1) is 14.1. The molecule has 3 N–H and O–H groups in total. The molecule has 0 amide bonds. The summed E-state index contributed by atoms with van der Waals surface area (Å²) in [4.78, 5) is 16.5. The first-order valence-electron chi connectivity index (χ1n) is 8.46. The number of para-hydroxylation sites is 1. The summed E-state index contributed by atoms with van der Waals surface area (Å²) in [6, 6.07) is 16.0. The molecule has 30 heavy (non-hydrogen) atoms. The van der Waals surface area contributed by atoms with E-state index in [9.17, 15) is 18.0 Å². The maximum Gasteiger partial charge on any atom is 0.430 e. The van der Waals surface area contributed by atoms with E-state index in [0.717, 1.165) is 16.5 Å². The summed E-state index contributed by atoms with van der Waals surface area (Å²) in [5.74, 6) is -1.05. The van der Waals surface area contributed by atoms with E-state index in [1.54, 1.807) is 48.5 Å². The number of hydrogen-bond acceptors (Lipinski definition) is 4. The Morgan fingerprint density at radius 3 is 2.33 bits per heavy atom. The molecule has 0 fully saturated rings. The highest BCUT2D eigenvalue weighted by atomic mass is 35.5. The molecule has 2 aromatic carbocycles. The Balaban J connectivity index is 2.05. The van der Waals surface area contributed by atoms with Crippen molar-refractivity contribution < 1.29 is 23.1 Å². The zero-order valence-electron chi connectivity index (χ0n) is 15.2. The number of allylic oxidation sites excluding steroid dienone is 2. The fraction of sp³-hybridized carbons (Fsp3) is 0.0476. The summed E-state index contributed by atoms with van der Waals surface area (Å²) in [5.41, 5.74) is 5.11. The zero-order chi connectivity index (χ0) is 21.9. The molecule has 4 nitrogen and oxygen atoms in total. The quantitative estimate of drug-likeness (QED) is 0.448. The van der Waals surface area contributed by atoms with Crippen LogP contribution in [-0.2, 0) is 0 Å². The third kappa shape index (κ3) is 5.08. The Kier molecular flexibility index (Phi) is 6.28. The number of nitrogens with two attached hydrogens (primary N) is 1. The van der Waals surface area contributed by atoms with E-state index in [-0.39, 0.29) is 16.3 Å². The number of thiophene rings is 1. The van der Waals surface area contributed by atoms with Gasteiger partial charge in [0, 0.05) is 4.88 Å². The molecule has 0 aliphatic heterocycles. The predicted octanol–water partition coefficient (Wildman–Crippen LogP) is 6.29. The molecule has 0 saturated heterocycles. The summed E-state index contributed by atoms with van der Waals surface area (Å²) in [6.07, 6.45) is -3.93. The SMILES string of the molecule is NC(=CC(=Nc1ccccc1Cl)c1ccc(-c2ccc(C(=O)O)cc2)s1)C(F)(F)F. The summed E-state index contributed by atoms with van der Waals surface area (Å²) in [6.45, 7) is 0. The first kappa shape index (κ1) is 21.6. The average Bonchev–Trinajstić information content (AvgIpc) is 3.18. The molecule has 3 aromatic rings. The Labute approximate surface area is 178 Å². The van der Waals surface area contributed by atoms with Crippen molar-refractivity contribution in [3.63, 3.8) is 0 Å². The van der Waals surface area contributed by atoms with Gasteiger partial charge in [-0.2, -0.15) is 13.2 Å². The molecule has 9 heteroatoms. The van der Waals surface area contributed by atoms with E-state index < -0.39 is 17.8 Å². The number of carboxylic acids is 1. The second-order valence-corrected chi connectivity index (χ2v) is 7.58. The maximum absolute atomic E-state index is 13.0. The largest absolute Gasteiger partial charge is 0.478 e. The van der Waals surface area contributed by atoms with Gasteiger partial charge >= 0.3 is 12.1 Å². The molecule has 0 bridgehead atoms. The molecule has 1 aromatic heterocycles. The Bertz CT molecular complexity index is 1140. The first-order valence-corrected chi connectivity index (χ1v) is 9.66. The molecule has 0 saturated carbocycles. The van der Waals surface area contributed by atoms with Gasteiger partial charge in [-0.25, -0.2) is 9.79 Å². The number of aliphatic imine (C=N–C) groups is 1. The van der Waals surface area contributed by atoms with Gasteiger partial charge in [0.1, 0.15) is 5.70 Å². The highest BCUT2D eigenvalue weighted by Gasteiger charge is 2.32. The highest BCUT2D eigenvalue weighted by molar-refractivity contribution is 7.17. The smallest absolute Gasteiger partial charge is 0.430 e. The molecule has 0 aliphatic rings. The van der Waals surface area contributed by atoms with Crippen LogP contribution in [0.15, 0.2) is 77.4 Å². The van der Waals surface area contributed by atoms with Crippen molar-refractivity contribution in [2.24, 2.45) is 10.7 Å². The van der Waals surface area contributed by atoms with E-state index in [1.807, 2.05) is 0 Å². The summed E-state index contributed by atoms with van der Waals surface area (Å²) in [5, 5.41) is 9.29. The third-order valence-electron chi connectivity index (χ3n) is 3.99. The van der Waals surface area contributed by atoms with Crippen molar-refractivity contribution in [2.45, 2.75) is 6.18 Å². The molecule has 1 heterocycles. The van der Waals surface area contributed by atoms with E-state index >= 15 is 0 Å². The number of rotatable bonds is 5. The van der Waals surface area contributed by atoms with Gasteiger partial charge in [0.2, 0.25) is 0 Å². The van der Waals surface area contributed by atoms with Crippen molar-refractivity contribution in [3.05, 3.63) is 87.9 Å². The summed E-state index contributed by atoms with van der Waals surface area (Å²) >= 11 is 7.30. The van der Waals surface area contributed by atoms with Crippen LogP contribution >= 0.6 is 22.9 Å². The minimum absolute atomic E-state index is 0.0105. The third-order valence-corrected chi connectivity index (χ3v) is 5.46. The lowest BCUT2D eigenvalue weighted by Gasteiger charge is -2.08. The van der Waals surface area contributed by atoms with Crippen molar-refractivity contribution in [1.29, 1.82) is 0 Å². The molecule has 0 spiro atoms. The van der Waals surface area contributed by atoms with Crippen LogP contribution in [0.4, 0.5) is 18.9 Å². The maximum atomic E-state index is 13.0. The number of alkyl halides is 3. The lowest BCUT2D eigenvalue weighted by Crippen LogP contribution is -2.20. The molecule has 0 unspecified atom stereocenters. The molecule has 3 rings (SSSR count). The number of nitrogens with zero attached hydrogens (tertiary/aromatic N) is 1. The van der Waals surface area contributed by atoms with Gasteiger partial charge in [0.25, 0.3) is 0 Å². The van der Waals surface area contributed by atoms with Crippen molar-refractivity contribution in [2.75, 3.05) is 0 Å². The van der Waals surface area contributed by atoms with Gasteiger partial charge in [-0.05, 0) is 48.0 Å². The van der Waals surface area contributed by atoms with Gasteiger partial charge in [0.05, 0.1) is 26.9 Å². The topological polar surface area (TPSA) is 75.7 Å². The molecular weight excluding hydrogens is 437 g/mol. The molecule has 0 radical (unpaired) electrons. The lowest BCUT2D eigenvalue weighted by atomic mass is 10.1. The minimum atomic E-state index is -4.70. The summed E-state index contributed by atoms with van der Waals surface area (Å²) in [7, 11) is 0. The fourth-order valence-corrected chi connectivity index (χ4v) is 3.62. The average molecular weight is 451 g/mol. The van der Waals surface area contributed by atoms with Crippen LogP contribution in [-0.4, -0.2) is 23.0 Å². The normalized spacial score (nSPS) is 12.8. The number of benzene rings is 2. The number of carbonyl (C=O) groups is 1. The summed E-state index contributed by atoms with van der Waals surface area (Å²) < 4.78 is 39.0. The van der Waals surface area contributed by atoms with Gasteiger partial charge in [-0.1, -0.05) is 35.9 Å². The van der Waals surface area contributed by atoms with Crippen LogP contribution in [0.25, 0.3) is 10.4 Å². The zero-order valence-corrected chi connectivity index (χ0v) is 16.7. The predicted molar refractivity (Wildman–Crippen MR) is 113 cm³/mol. The van der Waals surface area contributed by atoms with Gasteiger partial charge in [-0.3, -0.25) is 0 Å². The van der Waals surface area contributed by atoms with Crippen LogP contribution < -0.4 is 5.73 Å². The van der Waals surface area contributed by atoms with Gasteiger partial charge in [0.15, 0.2) is 0 Å². The number of aromatic carboxylic acids is 1. The fourth-order valence-electron chi connectivity index (χ4n) is 2.47. The number of hydrogen-bond donors (Lipinski definition) is 2. The van der Waals surface area contributed by atoms with Gasteiger partial charge < -0.3 is 10.8 Å². The molecular formula is C21H14ClF3N2O2S. The highest BCUT2D eigenvalue weighted by Crippen LogP contribution is 2.32. The molecule has 0 atom stereocenters. The van der Waals surface area contributed by atoms with Crippen molar-refractivity contribution in [1.82, 2.24) is 0 Å². The van der Waals surface area contributed by atoms with Crippen LogP contribution in [0.5, 0.6) is 0 Å². The van der Waals surface area contributed by atoms with Crippen LogP contribution in [0.1, 0.15) is 15.2 Å². The van der Waals surface area contributed by atoms with Crippen molar-refractivity contribution in [3.8, 4) is 10.4 Å². The van der Waals surface area contributed by atoms with Crippen LogP contribution in [0.2, 0.25) is 5.02 Å². The van der Waals surface area contributed by atoms with E-state index in [0.29, 0.717) is 10.6 Å². The van der Waals surface area contributed by atoms with E-state index in [4.69, 9.17) is 22.4 Å². The minimum Gasteiger partial charge on any atom is -0.478 e.